The zero-order valence-corrected chi connectivity index (χ0v) is 13.4. The standard InChI is InChI=1S/C12H8Br2N2O2S/c13-8-4-7(5-9(14)11(8)17)6-15-16-12(18)10-2-1-3-19-10/h1-6,17H,(H,16,18)/b15-6+. The highest BCUT2D eigenvalue weighted by molar-refractivity contribution is 9.11. The minimum Gasteiger partial charge on any atom is -0.506 e. The number of halogens is 2. The number of thiophene rings is 1. The Morgan fingerprint density at radius 3 is 2.63 bits per heavy atom. The van der Waals surface area contributed by atoms with Gasteiger partial charge in [0.25, 0.3) is 5.91 Å². The first kappa shape index (κ1) is 14.2. The predicted molar refractivity (Wildman–Crippen MR) is 82.9 cm³/mol. The van der Waals surface area contributed by atoms with Crippen molar-refractivity contribution in [1.29, 1.82) is 0 Å². The topological polar surface area (TPSA) is 61.7 Å². The van der Waals surface area contributed by atoms with E-state index in [1.54, 1.807) is 24.3 Å². The summed E-state index contributed by atoms with van der Waals surface area (Å²) in [6, 6.07) is 6.92. The van der Waals surface area contributed by atoms with Crippen molar-refractivity contribution in [3.63, 3.8) is 0 Å². The number of hydrogen-bond acceptors (Lipinski definition) is 4. The molecule has 0 bridgehead atoms. The van der Waals surface area contributed by atoms with Gasteiger partial charge in [0, 0.05) is 0 Å². The molecule has 1 amide bonds. The van der Waals surface area contributed by atoms with Gasteiger partial charge < -0.3 is 5.11 Å². The molecule has 0 unspecified atom stereocenters. The average molecular weight is 404 g/mol. The first-order chi connectivity index (χ1) is 9.08. The van der Waals surface area contributed by atoms with Crippen molar-refractivity contribution in [3.8, 4) is 5.75 Å². The smallest absolute Gasteiger partial charge is 0.281 e. The summed E-state index contributed by atoms with van der Waals surface area (Å²) in [7, 11) is 0. The third kappa shape index (κ3) is 3.65. The first-order valence-corrected chi connectivity index (χ1v) is 7.59. The van der Waals surface area contributed by atoms with Crippen molar-refractivity contribution < 1.29 is 9.90 Å². The number of aromatic hydroxyl groups is 1. The van der Waals surface area contributed by atoms with Crippen LogP contribution in [0.5, 0.6) is 5.75 Å². The Hall–Kier alpha value is -1.18. The Bertz CT molecular complexity index is 604. The summed E-state index contributed by atoms with van der Waals surface area (Å²) in [5.41, 5.74) is 3.17. The SMILES string of the molecule is O=C(N/N=C/c1cc(Br)c(O)c(Br)c1)c1cccs1. The molecule has 1 aromatic heterocycles. The van der Waals surface area contributed by atoms with Gasteiger partial charge in [-0.1, -0.05) is 6.07 Å². The minimum atomic E-state index is -0.247. The molecule has 1 aromatic carbocycles. The fourth-order valence-electron chi connectivity index (χ4n) is 1.29. The molecule has 0 spiro atoms. The van der Waals surface area contributed by atoms with Crippen LogP contribution < -0.4 is 5.43 Å². The quantitative estimate of drug-likeness (QED) is 0.605. The van der Waals surface area contributed by atoms with Crippen molar-refractivity contribution in [2.24, 2.45) is 5.10 Å². The lowest BCUT2D eigenvalue weighted by molar-refractivity contribution is 0.0959. The minimum absolute atomic E-state index is 0.125. The molecule has 4 nitrogen and oxygen atoms in total. The highest BCUT2D eigenvalue weighted by Gasteiger charge is 2.06. The van der Waals surface area contributed by atoms with E-state index in [9.17, 15) is 9.90 Å². The summed E-state index contributed by atoms with van der Waals surface area (Å²) in [6.07, 6.45) is 1.50. The number of amides is 1. The van der Waals surface area contributed by atoms with Gasteiger partial charge in [-0.05, 0) is 61.0 Å². The molecule has 19 heavy (non-hydrogen) atoms. The van der Waals surface area contributed by atoms with Gasteiger partial charge in [-0.2, -0.15) is 5.10 Å². The van der Waals surface area contributed by atoms with Gasteiger partial charge >= 0.3 is 0 Å². The summed E-state index contributed by atoms with van der Waals surface area (Å²) in [5, 5.41) is 15.3. The molecule has 0 aliphatic heterocycles. The van der Waals surface area contributed by atoms with E-state index in [2.05, 4.69) is 42.4 Å². The Morgan fingerprint density at radius 2 is 2.05 bits per heavy atom. The third-order valence-corrected chi connectivity index (χ3v) is 4.24. The highest BCUT2D eigenvalue weighted by atomic mass is 79.9. The zero-order chi connectivity index (χ0) is 13.8. The number of phenolic OH excluding ortho intramolecular Hbond substituents is 1. The maximum absolute atomic E-state index is 11.6. The molecule has 7 heteroatoms. The van der Waals surface area contributed by atoms with Crippen molar-refractivity contribution in [1.82, 2.24) is 5.43 Å². The molecule has 0 fully saturated rings. The Labute approximate surface area is 130 Å². The number of benzene rings is 1. The molecule has 0 radical (unpaired) electrons. The number of hydrogen-bond donors (Lipinski definition) is 2. The van der Waals surface area contributed by atoms with Crippen LogP contribution in [0, 0.1) is 0 Å². The molecule has 2 aromatic rings. The number of carbonyl (C=O) groups excluding carboxylic acids is 1. The summed E-state index contributed by atoms with van der Waals surface area (Å²) in [5.74, 6) is -0.122. The maximum atomic E-state index is 11.6. The molecule has 0 aliphatic rings. The van der Waals surface area contributed by atoms with E-state index in [1.807, 2.05) is 5.38 Å². The number of nitrogens with one attached hydrogen (secondary N) is 1. The average Bonchev–Trinajstić information content (AvgIpc) is 2.89. The van der Waals surface area contributed by atoms with E-state index < -0.39 is 0 Å². The van der Waals surface area contributed by atoms with E-state index in [0.717, 1.165) is 5.56 Å². The van der Waals surface area contributed by atoms with Crippen molar-refractivity contribution >= 4 is 55.3 Å². The van der Waals surface area contributed by atoms with Gasteiger partial charge in [0.15, 0.2) is 0 Å². The number of hydrazone groups is 1. The van der Waals surface area contributed by atoms with Gasteiger partial charge in [0.2, 0.25) is 0 Å². The van der Waals surface area contributed by atoms with Crippen LogP contribution in [0.25, 0.3) is 0 Å². The monoisotopic (exact) mass is 402 g/mol. The second-order valence-corrected chi connectivity index (χ2v) is 6.17. The largest absolute Gasteiger partial charge is 0.506 e. The first-order valence-electron chi connectivity index (χ1n) is 5.13. The molecule has 0 saturated carbocycles. The summed E-state index contributed by atoms with van der Waals surface area (Å²) < 4.78 is 1.10. The summed E-state index contributed by atoms with van der Waals surface area (Å²) in [6.45, 7) is 0. The highest BCUT2D eigenvalue weighted by Crippen LogP contribution is 2.32. The van der Waals surface area contributed by atoms with E-state index >= 15 is 0 Å². The van der Waals surface area contributed by atoms with Crippen molar-refractivity contribution in [2.75, 3.05) is 0 Å². The zero-order valence-electron chi connectivity index (χ0n) is 9.43. The van der Waals surface area contributed by atoms with Crippen LogP contribution in [0.1, 0.15) is 15.2 Å². The van der Waals surface area contributed by atoms with Crippen LogP contribution in [-0.4, -0.2) is 17.2 Å². The lowest BCUT2D eigenvalue weighted by Gasteiger charge is -2.02. The lowest BCUT2D eigenvalue weighted by Crippen LogP contribution is -2.16. The molecular weight excluding hydrogens is 396 g/mol. The van der Waals surface area contributed by atoms with Gasteiger partial charge in [-0.15, -0.1) is 11.3 Å². The number of carbonyl (C=O) groups is 1. The molecule has 0 atom stereocenters. The van der Waals surface area contributed by atoms with Crippen molar-refractivity contribution in [2.45, 2.75) is 0 Å². The number of phenols is 1. The van der Waals surface area contributed by atoms with Gasteiger partial charge in [0.05, 0.1) is 20.0 Å². The molecule has 98 valence electrons. The molecular formula is C12H8Br2N2O2S. The molecule has 0 saturated heterocycles. The third-order valence-electron chi connectivity index (χ3n) is 2.16. The van der Waals surface area contributed by atoms with Crippen LogP contribution in [0.2, 0.25) is 0 Å². The van der Waals surface area contributed by atoms with Gasteiger partial charge in [0.1, 0.15) is 5.75 Å². The molecule has 2 N–H and O–H groups in total. The van der Waals surface area contributed by atoms with E-state index in [0.29, 0.717) is 13.8 Å². The Balaban J connectivity index is 2.05. The normalized spacial score (nSPS) is 10.8. The number of rotatable bonds is 3. The molecule has 1 heterocycles. The summed E-state index contributed by atoms with van der Waals surface area (Å²) in [4.78, 5) is 12.2. The van der Waals surface area contributed by atoms with E-state index in [4.69, 9.17) is 0 Å². The predicted octanol–water partition coefficient (Wildman–Crippen LogP) is 3.74. The van der Waals surface area contributed by atoms with Crippen molar-refractivity contribution in [3.05, 3.63) is 49.0 Å². The fourth-order valence-corrected chi connectivity index (χ4v) is 3.12. The maximum Gasteiger partial charge on any atom is 0.281 e. The second-order valence-electron chi connectivity index (χ2n) is 3.51. The molecule has 2 rings (SSSR count). The summed E-state index contributed by atoms with van der Waals surface area (Å²) >= 11 is 7.79. The van der Waals surface area contributed by atoms with E-state index in [-0.39, 0.29) is 11.7 Å². The van der Waals surface area contributed by atoms with Crippen LogP contribution in [0.4, 0.5) is 0 Å². The Kier molecular flexibility index (Phi) is 4.73. The fraction of sp³-hybridized carbons (Fsp3) is 0. The second kappa shape index (κ2) is 6.31. The van der Waals surface area contributed by atoms with Crippen LogP contribution >= 0.6 is 43.2 Å². The Morgan fingerprint density at radius 1 is 1.37 bits per heavy atom. The van der Waals surface area contributed by atoms with E-state index in [1.165, 1.54) is 17.6 Å². The van der Waals surface area contributed by atoms with Crippen LogP contribution in [0.3, 0.4) is 0 Å². The molecule has 0 aliphatic carbocycles. The van der Waals surface area contributed by atoms with Crippen LogP contribution in [0.15, 0.2) is 43.7 Å². The number of nitrogens with zero attached hydrogens (tertiary/aromatic N) is 1. The van der Waals surface area contributed by atoms with Crippen LogP contribution in [-0.2, 0) is 0 Å². The van der Waals surface area contributed by atoms with Gasteiger partial charge in [-0.25, -0.2) is 5.43 Å². The van der Waals surface area contributed by atoms with Gasteiger partial charge in [-0.3, -0.25) is 4.79 Å². The lowest BCUT2D eigenvalue weighted by atomic mass is 10.2.